The maximum atomic E-state index is 12.9. The van der Waals surface area contributed by atoms with Crippen LogP contribution in [0.3, 0.4) is 0 Å². The number of nitrogens with one attached hydrogen (secondary N) is 1. The van der Waals surface area contributed by atoms with Gasteiger partial charge in [-0.3, -0.25) is 19.3 Å². The Labute approximate surface area is 211 Å². The SMILES string of the molecule is Cc1ccc(NC(=O)COC(=O)c2cccc(N3C(=O)[C@@H]4C[C@@H](Cl)[C@@H](Cl)C[C@H]4C3=O)c2)cc1Cl. The van der Waals surface area contributed by atoms with Crippen molar-refractivity contribution in [2.45, 2.75) is 30.5 Å². The molecule has 1 saturated carbocycles. The van der Waals surface area contributed by atoms with E-state index in [1.54, 1.807) is 24.3 Å². The van der Waals surface area contributed by atoms with Crippen molar-refractivity contribution in [2.24, 2.45) is 11.8 Å². The normalized spacial score (nSPS) is 24.1. The van der Waals surface area contributed by atoms with Gasteiger partial charge in [-0.25, -0.2) is 4.79 Å². The molecule has 0 unspecified atom stereocenters. The molecule has 4 rings (SSSR count). The minimum absolute atomic E-state index is 0.101. The van der Waals surface area contributed by atoms with Gasteiger partial charge in [0.2, 0.25) is 11.8 Å². The quantitative estimate of drug-likeness (QED) is 0.352. The van der Waals surface area contributed by atoms with E-state index in [2.05, 4.69) is 5.32 Å². The summed E-state index contributed by atoms with van der Waals surface area (Å²) in [5.41, 5.74) is 1.70. The lowest BCUT2D eigenvalue weighted by atomic mass is 9.80. The summed E-state index contributed by atoms with van der Waals surface area (Å²) in [5, 5.41) is 2.33. The third-order valence-electron chi connectivity index (χ3n) is 6.04. The van der Waals surface area contributed by atoms with Crippen molar-refractivity contribution in [3.63, 3.8) is 0 Å². The third-order valence-corrected chi connectivity index (χ3v) is 7.54. The first kappa shape index (κ1) is 24.5. The molecule has 2 aromatic carbocycles. The molecule has 0 bridgehead atoms. The van der Waals surface area contributed by atoms with Gasteiger partial charge in [-0.05, 0) is 55.7 Å². The van der Waals surface area contributed by atoms with Crippen LogP contribution in [0.1, 0.15) is 28.8 Å². The van der Waals surface area contributed by atoms with Crippen LogP contribution in [0.2, 0.25) is 5.02 Å². The molecule has 1 aliphatic heterocycles. The Morgan fingerprint density at radius 2 is 1.68 bits per heavy atom. The van der Waals surface area contributed by atoms with E-state index < -0.39 is 30.3 Å². The van der Waals surface area contributed by atoms with Crippen molar-refractivity contribution in [1.82, 2.24) is 0 Å². The molecule has 3 amide bonds. The number of esters is 1. The van der Waals surface area contributed by atoms with E-state index in [0.717, 1.165) is 10.5 Å². The molecule has 1 aliphatic carbocycles. The van der Waals surface area contributed by atoms with Crippen LogP contribution in [0.4, 0.5) is 11.4 Å². The standard InChI is InChI=1S/C24H21Cl3N2O5/c1-12-5-6-14(8-18(12)25)28-21(30)11-34-24(33)13-3-2-4-15(7-13)29-22(31)16-9-19(26)20(27)10-17(16)23(29)32/h2-8,16-17,19-20H,9-11H2,1H3,(H,28,30)/t16-,17-,19-,20+/m1/s1. The average molecular weight is 524 g/mol. The molecule has 0 aromatic heterocycles. The van der Waals surface area contributed by atoms with Gasteiger partial charge in [0.05, 0.1) is 33.8 Å². The van der Waals surface area contributed by atoms with E-state index >= 15 is 0 Å². The van der Waals surface area contributed by atoms with Gasteiger partial charge >= 0.3 is 5.97 Å². The summed E-state index contributed by atoms with van der Waals surface area (Å²) in [6.45, 7) is 1.32. The summed E-state index contributed by atoms with van der Waals surface area (Å²) in [5.74, 6) is -3.07. The van der Waals surface area contributed by atoms with E-state index in [4.69, 9.17) is 39.5 Å². The summed E-state index contributed by atoms with van der Waals surface area (Å²) in [6.07, 6.45) is 0.648. The maximum absolute atomic E-state index is 12.9. The number of carbonyl (C=O) groups excluding carboxylic acids is 4. The zero-order chi connectivity index (χ0) is 24.6. The molecule has 2 aliphatic rings. The predicted molar refractivity (Wildman–Crippen MR) is 130 cm³/mol. The molecular weight excluding hydrogens is 503 g/mol. The van der Waals surface area contributed by atoms with E-state index in [0.29, 0.717) is 23.6 Å². The number of imide groups is 1. The monoisotopic (exact) mass is 522 g/mol. The summed E-state index contributed by atoms with van der Waals surface area (Å²) >= 11 is 18.5. The van der Waals surface area contributed by atoms with Crippen LogP contribution in [-0.2, 0) is 19.1 Å². The van der Waals surface area contributed by atoms with Gasteiger partial charge in [0.1, 0.15) is 0 Å². The molecule has 1 saturated heterocycles. The fourth-order valence-corrected chi connectivity index (χ4v) is 4.97. The van der Waals surface area contributed by atoms with E-state index in [1.165, 1.54) is 18.2 Å². The summed E-state index contributed by atoms with van der Waals surface area (Å²) in [6, 6.07) is 11.0. The fourth-order valence-electron chi connectivity index (χ4n) is 4.20. The Morgan fingerprint density at radius 1 is 1.03 bits per heavy atom. The number of amides is 3. The minimum Gasteiger partial charge on any atom is -0.452 e. The summed E-state index contributed by atoms with van der Waals surface area (Å²) in [4.78, 5) is 51.6. The lowest BCUT2D eigenvalue weighted by Crippen LogP contribution is -2.34. The zero-order valence-corrected chi connectivity index (χ0v) is 20.4. The number of benzene rings is 2. The first-order chi connectivity index (χ1) is 16.2. The second-order valence-corrected chi connectivity index (χ2v) is 9.90. The summed E-state index contributed by atoms with van der Waals surface area (Å²) in [7, 11) is 0. The van der Waals surface area contributed by atoms with Crippen molar-refractivity contribution in [1.29, 1.82) is 0 Å². The highest BCUT2D eigenvalue weighted by molar-refractivity contribution is 6.32. The van der Waals surface area contributed by atoms with Crippen LogP contribution in [0.25, 0.3) is 0 Å². The Morgan fingerprint density at radius 3 is 2.29 bits per heavy atom. The smallest absolute Gasteiger partial charge is 0.338 e. The van der Waals surface area contributed by atoms with Crippen molar-refractivity contribution < 1.29 is 23.9 Å². The number of alkyl halides is 2. The van der Waals surface area contributed by atoms with Crippen molar-refractivity contribution in [3.8, 4) is 0 Å². The first-order valence-corrected chi connectivity index (χ1v) is 11.9. The van der Waals surface area contributed by atoms with E-state index in [1.807, 2.05) is 6.92 Å². The lowest BCUT2D eigenvalue weighted by molar-refractivity contribution is -0.122. The second-order valence-electron chi connectivity index (χ2n) is 8.37. The predicted octanol–water partition coefficient (Wildman–Crippen LogP) is 4.56. The fraction of sp³-hybridized carbons (Fsp3) is 0.333. The van der Waals surface area contributed by atoms with Gasteiger partial charge in [0.25, 0.3) is 5.91 Å². The maximum Gasteiger partial charge on any atom is 0.338 e. The molecule has 2 fully saturated rings. The van der Waals surface area contributed by atoms with Crippen LogP contribution in [0.5, 0.6) is 0 Å². The third kappa shape index (κ3) is 4.92. The Balaban J connectivity index is 1.41. The molecule has 7 nitrogen and oxygen atoms in total. The highest BCUT2D eigenvalue weighted by Gasteiger charge is 2.52. The number of carbonyl (C=O) groups is 4. The number of hydrogen-bond acceptors (Lipinski definition) is 5. The van der Waals surface area contributed by atoms with Crippen molar-refractivity contribution in [3.05, 3.63) is 58.6 Å². The van der Waals surface area contributed by atoms with Crippen LogP contribution < -0.4 is 10.2 Å². The second kappa shape index (κ2) is 9.94. The highest BCUT2D eigenvalue weighted by Crippen LogP contribution is 2.43. The highest BCUT2D eigenvalue weighted by atomic mass is 35.5. The number of ether oxygens (including phenoxy) is 1. The van der Waals surface area contributed by atoms with Crippen LogP contribution in [0, 0.1) is 18.8 Å². The van der Waals surface area contributed by atoms with Gasteiger partial charge in [-0.15, -0.1) is 23.2 Å². The Hall–Kier alpha value is -2.61. The van der Waals surface area contributed by atoms with Crippen LogP contribution in [-0.4, -0.2) is 41.1 Å². The number of halogens is 3. The van der Waals surface area contributed by atoms with Crippen LogP contribution >= 0.6 is 34.8 Å². The molecule has 0 radical (unpaired) electrons. The molecule has 1 heterocycles. The van der Waals surface area contributed by atoms with Gasteiger partial charge in [0, 0.05) is 10.7 Å². The summed E-state index contributed by atoms with van der Waals surface area (Å²) < 4.78 is 5.10. The zero-order valence-electron chi connectivity index (χ0n) is 18.1. The first-order valence-electron chi connectivity index (χ1n) is 10.6. The molecule has 10 heteroatoms. The molecule has 1 N–H and O–H groups in total. The van der Waals surface area contributed by atoms with E-state index in [9.17, 15) is 19.2 Å². The molecular formula is C24H21Cl3N2O5. The minimum atomic E-state index is -0.767. The lowest BCUT2D eigenvalue weighted by Gasteiger charge is -2.28. The average Bonchev–Trinajstić information content (AvgIpc) is 3.04. The molecule has 0 spiro atoms. The van der Waals surface area contributed by atoms with E-state index in [-0.39, 0.29) is 33.8 Å². The number of rotatable bonds is 5. The van der Waals surface area contributed by atoms with Crippen molar-refractivity contribution in [2.75, 3.05) is 16.8 Å². The number of hydrogen-bond donors (Lipinski definition) is 1. The molecule has 34 heavy (non-hydrogen) atoms. The number of aryl methyl sites for hydroxylation is 1. The van der Waals surface area contributed by atoms with Gasteiger partial charge < -0.3 is 10.1 Å². The van der Waals surface area contributed by atoms with Crippen LogP contribution in [0.15, 0.2) is 42.5 Å². The number of nitrogens with zero attached hydrogens (tertiary/aromatic N) is 1. The Kier molecular flexibility index (Phi) is 7.17. The molecule has 2 aromatic rings. The number of anilines is 2. The van der Waals surface area contributed by atoms with Gasteiger partial charge in [-0.1, -0.05) is 23.7 Å². The van der Waals surface area contributed by atoms with Crippen molar-refractivity contribution >= 4 is 69.9 Å². The van der Waals surface area contributed by atoms with Gasteiger partial charge in [0.15, 0.2) is 6.61 Å². The Bertz CT molecular complexity index is 1140. The molecule has 178 valence electrons. The number of fused-ring (bicyclic) bond motifs is 1. The largest absolute Gasteiger partial charge is 0.452 e. The van der Waals surface area contributed by atoms with Gasteiger partial charge in [-0.2, -0.15) is 0 Å². The molecule has 4 atom stereocenters. The topological polar surface area (TPSA) is 92.8 Å².